The second-order valence-corrected chi connectivity index (χ2v) is 8.49. The van der Waals surface area contributed by atoms with Crippen LogP contribution in [0.25, 0.3) is 11.1 Å². The number of anilines is 1. The minimum Gasteiger partial charge on any atom is -0.386 e. The Hall–Kier alpha value is -3.00. The molecule has 2 N–H and O–H groups in total. The Morgan fingerprint density at radius 2 is 1.33 bits per heavy atom. The zero-order valence-corrected chi connectivity index (χ0v) is 18.9. The SMILES string of the molecule is Cc1ccccc1CN/C=C\Nc1c(C(C)C)cc(-c2ccccc2)cc1C(C)C. The fourth-order valence-corrected chi connectivity index (χ4v) is 3.72. The van der Waals surface area contributed by atoms with Gasteiger partial charge in [0.05, 0.1) is 0 Å². The van der Waals surface area contributed by atoms with E-state index in [9.17, 15) is 0 Å². The number of hydrogen-bond donors (Lipinski definition) is 2. The number of rotatable bonds is 8. The van der Waals surface area contributed by atoms with Gasteiger partial charge >= 0.3 is 0 Å². The summed E-state index contributed by atoms with van der Waals surface area (Å²) in [7, 11) is 0. The molecule has 0 bridgehead atoms. The van der Waals surface area contributed by atoms with Gasteiger partial charge in [-0.25, -0.2) is 0 Å². The maximum Gasteiger partial charge on any atom is 0.0450 e. The summed E-state index contributed by atoms with van der Waals surface area (Å²) in [6.45, 7) is 12.0. The second-order valence-electron chi connectivity index (χ2n) is 8.49. The molecule has 0 aliphatic rings. The highest BCUT2D eigenvalue weighted by molar-refractivity contribution is 5.73. The van der Waals surface area contributed by atoms with Crippen molar-refractivity contribution in [1.82, 2.24) is 5.32 Å². The Morgan fingerprint density at radius 1 is 0.733 bits per heavy atom. The van der Waals surface area contributed by atoms with Gasteiger partial charge in [0, 0.05) is 24.6 Å². The van der Waals surface area contributed by atoms with Gasteiger partial charge in [0.15, 0.2) is 0 Å². The van der Waals surface area contributed by atoms with Crippen molar-refractivity contribution in [3.63, 3.8) is 0 Å². The van der Waals surface area contributed by atoms with Crippen molar-refractivity contribution < 1.29 is 0 Å². The van der Waals surface area contributed by atoms with E-state index in [2.05, 4.69) is 112 Å². The Morgan fingerprint density at radius 3 is 1.93 bits per heavy atom. The van der Waals surface area contributed by atoms with E-state index in [1.807, 2.05) is 12.4 Å². The highest BCUT2D eigenvalue weighted by atomic mass is 14.9. The third-order valence-electron chi connectivity index (χ3n) is 5.53. The number of benzene rings is 3. The molecule has 0 atom stereocenters. The Bertz CT molecular complexity index is 956. The van der Waals surface area contributed by atoms with Crippen molar-refractivity contribution in [3.05, 3.63) is 101 Å². The molecule has 0 fully saturated rings. The molecule has 0 heterocycles. The van der Waals surface area contributed by atoms with Gasteiger partial charge in [-0.15, -0.1) is 0 Å². The summed E-state index contributed by atoms with van der Waals surface area (Å²) in [5.41, 5.74) is 9.12. The molecule has 0 aliphatic carbocycles. The standard InChI is InChI=1S/C28H34N2/c1-20(2)26-17-25(23-12-7-6-8-13-23)18-27(21(3)4)28(26)30-16-15-29-19-24-14-10-9-11-22(24)5/h6-18,20-21,29-30H,19H2,1-5H3/b16-15-. The molecular weight excluding hydrogens is 364 g/mol. The van der Waals surface area contributed by atoms with Gasteiger partial charge in [-0.1, -0.05) is 82.3 Å². The van der Waals surface area contributed by atoms with Crippen LogP contribution < -0.4 is 10.6 Å². The lowest BCUT2D eigenvalue weighted by molar-refractivity contribution is 0.837. The monoisotopic (exact) mass is 398 g/mol. The number of nitrogens with one attached hydrogen (secondary N) is 2. The van der Waals surface area contributed by atoms with Crippen LogP contribution in [0.3, 0.4) is 0 Å². The molecule has 0 unspecified atom stereocenters. The topological polar surface area (TPSA) is 24.1 Å². The van der Waals surface area contributed by atoms with Gasteiger partial charge in [0.25, 0.3) is 0 Å². The van der Waals surface area contributed by atoms with Crippen molar-refractivity contribution in [2.45, 2.75) is 53.0 Å². The summed E-state index contributed by atoms with van der Waals surface area (Å²) in [5, 5.41) is 6.99. The maximum atomic E-state index is 3.58. The van der Waals surface area contributed by atoms with Gasteiger partial charge in [-0.2, -0.15) is 0 Å². The van der Waals surface area contributed by atoms with E-state index < -0.39 is 0 Å². The van der Waals surface area contributed by atoms with Crippen LogP contribution in [0.15, 0.2) is 79.1 Å². The summed E-state index contributed by atoms with van der Waals surface area (Å²) in [4.78, 5) is 0. The first-order valence-corrected chi connectivity index (χ1v) is 10.9. The fraction of sp³-hybridized carbons (Fsp3) is 0.286. The first-order chi connectivity index (χ1) is 14.5. The third kappa shape index (κ3) is 5.33. The lowest BCUT2D eigenvalue weighted by atomic mass is 9.88. The molecule has 2 nitrogen and oxygen atoms in total. The van der Waals surface area contributed by atoms with E-state index in [0.29, 0.717) is 11.8 Å². The van der Waals surface area contributed by atoms with Crippen LogP contribution in [0.2, 0.25) is 0 Å². The zero-order chi connectivity index (χ0) is 21.5. The summed E-state index contributed by atoms with van der Waals surface area (Å²) < 4.78 is 0. The summed E-state index contributed by atoms with van der Waals surface area (Å²) >= 11 is 0. The fourth-order valence-electron chi connectivity index (χ4n) is 3.72. The van der Waals surface area contributed by atoms with Crippen molar-refractivity contribution in [1.29, 1.82) is 0 Å². The van der Waals surface area contributed by atoms with E-state index in [1.54, 1.807) is 0 Å². The van der Waals surface area contributed by atoms with E-state index in [1.165, 1.54) is 39.1 Å². The van der Waals surface area contributed by atoms with Crippen molar-refractivity contribution in [2.24, 2.45) is 0 Å². The van der Waals surface area contributed by atoms with E-state index in [0.717, 1.165) is 6.54 Å². The quantitative estimate of drug-likeness (QED) is 0.408. The largest absolute Gasteiger partial charge is 0.386 e. The third-order valence-corrected chi connectivity index (χ3v) is 5.53. The van der Waals surface area contributed by atoms with Gasteiger partial charge in [-0.3, -0.25) is 0 Å². The van der Waals surface area contributed by atoms with Crippen LogP contribution in [0, 0.1) is 6.92 Å². The lowest BCUT2D eigenvalue weighted by Gasteiger charge is -2.22. The van der Waals surface area contributed by atoms with Gasteiger partial charge in [-0.05, 0) is 64.3 Å². The minimum atomic E-state index is 0.432. The molecular formula is C28H34N2. The summed E-state index contributed by atoms with van der Waals surface area (Å²) in [6.07, 6.45) is 4.03. The molecule has 3 aromatic rings. The average molecular weight is 399 g/mol. The van der Waals surface area contributed by atoms with Crippen LogP contribution >= 0.6 is 0 Å². The molecule has 0 aliphatic heterocycles. The van der Waals surface area contributed by atoms with Crippen LogP contribution in [0.1, 0.15) is 61.8 Å². The Kier molecular flexibility index (Phi) is 7.35. The zero-order valence-electron chi connectivity index (χ0n) is 18.9. The first kappa shape index (κ1) is 21.7. The van der Waals surface area contributed by atoms with E-state index in [4.69, 9.17) is 0 Å². The molecule has 0 saturated heterocycles. The highest BCUT2D eigenvalue weighted by Gasteiger charge is 2.16. The first-order valence-electron chi connectivity index (χ1n) is 10.9. The van der Waals surface area contributed by atoms with Crippen LogP contribution in [-0.4, -0.2) is 0 Å². The molecule has 0 saturated carbocycles. The average Bonchev–Trinajstić information content (AvgIpc) is 2.74. The minimum absolute atomic E-state index is 0.432. The number of aryl methyl sites for hydroxylation is 1. The van der Waals surface area contributed by atoms with Crippen LogP contribution in [0.4, 0.5) is 5.69 Å². The van der Waals surface area contributed by atoms with Crippen LogP contribution in [0.5, 0.6) is 0 Å². The smallest absolute Gasteiger partial charge is 0.0450 e. The van der Waals surface area contributed by atoms with Gasteiger partial charge < -0.3 is 10.6 Å². The molecule has 0 amide bonds. The Labute approximate surface area is 182 Å². The molecule has 30 heavy (non-hydrogen) atoms. The van der Waals surface area contributed by atoms with Gasteiger partial charge in [0.2, 0.25) is 0 Å². The highest BCUT2D eigenvalue weighted by Crippen LogP contribution is 2.37. The number of hydrogen-bond acceptors (Lipinski definition) is 2. The molecule has 3 aromatic carbocycles. The Balaban J connectivity index is 1.83. The molecule has 0 aromatic heterocycles. The van der Waals surface area contributed by atoms with E-state index in [-0.39, 0.29) is 0 Å². The summed E-state index contributed by atoms with van der Waals surface area (Å²) in [6, 6.07) is 23.8. The maximum absolute atomic E-state index is 3.58. The lowest BCUT2D eigenvalue weighted by Crippen LogP contribution is -2.08. The second kappa shape index (κ2) is 10.2. The predicted octanol–water partition coefficient (Wildman–Crippen LogP) is 7.58. The van der Waals surface area contributed by atoms with Crippen molar-refractivity contribution in [2.75, 3.05) is 5.32 Å². The van der Waals surface area contributed by atoms with Crippen LogP contribution in [-0.2, 0) is 6.54 Å². The predicted molar refractivity (Wildman–Crippen MR) is 131 cm³/mol. The summed E-state index contributed by atoms with van der Waals surface area (Å²) in [5.74, 6) is 0.865. The molecule has 0 spiro atoms. The van der Waals surface area contributed by atoms with E-state index >= 15 is 0 Å². The molecule has 2 heteroatoms. The molecule has 0 radical (unpaired) electrons. The van der Waals surface area contributed by atoms with Crippen molar-refractivity contribution in [3.8, 4) is 11.1 Å². The molecule has 156 valence electrons. The normalized spacial score (nSPS) is 11.4. The molecule has 3 rings (SSSR count). The van der Waals surface area contributed by atoms with Crippen molar-refractivity contribution >= 4 is 5.69 Å². The van der Waals surface area contributed by atoms with Gasteiger partial charge in [0.1, 0.15) is 0 Å².